The average Bonchev–Trinajstić information content (AvgIpc) is 3.17. The molecule has 0 aliphatic carbocycles. The lowest BCUT2D eigenvalue weighted by atomic mass is 9.78. The van der Waals surface area contributed by atoms with Crippen LogP contribution in [0.5, 0.6) is 0 Å². The van der Waals surface area contributed by atoms with Crippen molar-refractivity contribution in [2.75, 3.05) is 26.2 Å². The molecule has 4 aliphatic rings. The van der Waals surface area contributed by atoms with Crippen LogP contribution >= 0.6 is 11.8 Å². The van der Waals surface area contributed by atoms with Crippen LogP contribution in [-0.2, 0) is 20.9 Å². The molecule has 192 valence electrons. The Morgan fingerprint density at radius 2 is 1.86 bits per heavy atom. The third kappa shape index (κ3) is 3.98. The van der Waals surface area contributed by atoms with E-state index in [1.54, 1.807) is 16.7 Å². The minimum absolute atomic E-state index is 0.0394. The van der Waals surface area contributed by atoms with Gasteiger partial charge in [0.05, 0.1) is 23.2 Å². The number of hydrogen-bond acceptors (Lipinski definition) is 5. The predicted octanol–water partition coefficient (Wildman–Crippen LogP) is 2.46. The molecular weight excluding hydrogens is 474 g/mol. The highest BCUT2D eigenvalue weighted by Crippen LogP contribution is 2.61. The second-order valence-electron chi connectivity index (χ2n) is 10.3. The Bertz CT molecular complexity index is 1080. The summed E-state index contributed by atoms with van der Waals surface area (Å²) in [5.74, 6) is -1.50. The highest BCUT2D eigenvalue weighted by molar-refractivity contribution is 8.02. The lowest BCUT2D eigenvalue weighted by Crippen LogP contribution is -2.55. The van der Waals surface area contributed by atoms with Crippen molar-refractivity contribution in [3.05, 3.63) is 60.2 Å². The van der Waals surface area contributed by atoms with Gasteiger partial charge in [0.1, 0.15) is 6.04 Å². The topological polar surface area (TPSA) is 81.2 Å². The van der Waals surface area contributed by atoms with E-state index in [0.717, 1.165) is 18.4 Å². The molecule has 0 radical (unpaired) electrons. The molecule has 1 spiro atoms. The number of thioether (sulfide) groups is 1. The van der Waals surface area contributed by atoms with Gasteiger partial charge < -0.3 is 19.8 Å². The molecule has 36 heavy (non-hydrogen) atoms. The van der Waals surface area contributed by atoms with Gasteiger partial charge in [0.15, 0.2) is 0 Å². The van der Waals surface area contributed by atoms with Crippen LogP contribution < -0.4 is 0 Å². The second kappa shape index (κ2) is 10.1. The molecule has 0 aromatic heterocycles. The number of nitrogens with zero attached hydrogens (tertiary/aromatic N) is 3. The maximum atomic E-state index is 14.1. The minimum Gasteiger partial charge on any atom is -0.395 e. The fourth-order valence-corrected chi connectivity index (χ4v) is 8.48. The van der Waals surface area contributed by atoms with Crippen molar-refractivity contribution in [1.82, 2.24) is 14.7 Å². The SMILES string of the molecule is CCCC(C)N1CC=C[C@]23S[C@@H]4C=CCN(Cc5ccccc5)C(=O)[C@@H]4[C@H]2C(=O)N(CCO)C3C1=O. The molecule has 2 unspecified atom stereocenters. The van der Waals surface area contributed by atoms with Gasteiger partial charge in [-0.3, -0.25) is 14.4 Å². The van der Waals surface area contributed by atoms with Crippen LogP contribution in [0.25, 0.3) is 0 Å². The summed E-state index contributed by atoms with van der Waals surface area (Å²) in [7, 11) is 0. The summed E-state index contributed by atoms with van der Waals surface area (Å²) in [5, 5.41) is 9.64. The Labute approximate surface area is 217 Å². The minimum atomic E-state index is -0.824. The van der Waals surface area contributed by atoms with Gasteiger partial charge in [-0.05, 0) is 18.9 Å². The number of benzene rings is 1. The predicted molar refractivity (Wildman–Crippen MR) is 140 cm³/mol. The normalized spacial score (nSPS) is 32.3. The summed E-state index contributed by atoms with van der Waals surface area (Å²) >= 11 is 1.59. The smallest absolute Gasteiger partial charge is 0.247 e. The molecule has 0 saturated carbocycles. The van der Waals surface area contributed by atoms with Gasteiger partial charge >= 0.3 is 0 Å². The van der Waals surface area contributed by atoms with Crippen molar-refractivity contribution in [2.45, 2.75) is 55.3 Å². The lowest BCUT2D eigenvalue weighted by Gasteiger charge is -2.37. The molecule has 8 heteroatoms. The Kier molecular flexibility index (Phi) is 7.01. The zero-order chi connectivity index (χ0) is 25.4. The van der Waals surface area contributed by atoms with E-state index in [9.17, 15) is 19.5 Å². The molecule has 4 heterocycles. The van der Waals surface area contributed by atoms with Gasteiger partial charge in [0, 0.05) is 37.5 Å². The molecule has 2 saturated heterocycles. The number of carbonyl (C=O) groups excluding carboxylic acids is 3. The van der Waals surface area contributed by atoms with E-state index in [1.807, 2.05) is 58.4 Å². The van der Waals surface area contributed by atoms with Crippen LogP contribution in [0, 0.1) is 11.8 Å². The molecule has 0 bridgehead atoms. The summed E-state index contributed by atoms with van der Waals surface area (Å²) in [4.78, 5) is 47.3. The van der Waals surface area contributed by atoms with E-state index < -0.39 is 22.6 Å². The van der Waals surface area contributed by atoms with Gasteiger partial charge in [0.2, 0.25) is 17.7 Å². The number of hydrogen-bond donors (Lipinski definition) is 1. The highest BCUT2D eigenvalue weighted by atomic mass is 32.2. The molecule has 4 aliphatic heterocycles. The molecule has 2 fully saturated rings. The maximum Gasteiger partial charge on any atom is 0.247 e. The first-order valence-electron chi connectivity index (χ1n) is 13.0. The summed E-state index contributed by atoms with van der Waals surface area (Å²) < 4.78 is -0.824. The monoisotopic (exact) mass is 509 g/mol. The van der Waals surface area contributed by atoms with Gasteiger partial charge in [0.25, 0.3) is 0 Å². The fourth-order valence-electron chi connectivity index (χ4n) is 6.47. The third-order valence-electron chi connectivity index (χ3n) is 8.07. The zero-order valence-corrected chi connectivity index (χ0v) is 21.8. The highest BCUT2D eigenvalue weighted by Gasteiger charge is 2.71. The number of carbonyl (C=O) groups is 3. The van der Waals surface area contributed by atoms with Gasteiger partial charge in [-0.15, -0.1) is 11.8 Å². The summed E-state index contributed by atoms with van der Waals surface area (Å²) in [6, 6.07) is 9.21. The van der Waals surface area contributed by atoms with E-state index >= 15 is 0 Å². The number of rotatable bonds is 7. The maximum absolute atomic E-state index is 14.1. The van der Waals surface area contributed by atoms with E-state index in [1.165, 1.54) is 0 Å². The number of aliphatic hydroxyl groups excluding tert-OH is 1. The second-order valence-corrected chi connectivity index (χ2v) is 11.7. The van der Waals surface area contributed by atoms with Crippen LogP contribution in [0.2, 0.25) is 0 Å². The van der Waals surface area contributed by atoms with Crippen molar-refractivity contribution < 1.29 is 19.5 Å². The standard InChI is InChI=1S/C28H35N3O4S/c1-3-9-19(2)30-15-8-13-28-23(26(34)31(16-17-32)24(28)27(30)35)22-21(36-28)12-7-14-29(25(22)33)18-20-10-5-4-6-11-20/h4-8,10-13,19,21-24,32H,3,9,14-18H2,1-2H3/t19?,21-,22+,23+,24?,28+/m1/s1. The molecule has 6 atom stereocenters. The van der Waals surface area contributed by atoms with Crippen molar-refractivity contribution in [3.63, 3.8) is 0 Å². The number of amides is 3. The van der Waals surface area contributed by atoms with Gasteiger partial charge in [-0.25, -0.2) is 0 Å². The Balaban J connectivity index is 1.53. The largest absolute Gasteiger partial charge is 0.395 e. The first kappa shape index (κ1) is 25.1. The first-order valence-corrected chi connectivity index (χ1v) is 13.9. The van der Waals surface area contributed by atoms with E-state index in [0.29, 0.717) is 19.6 Å². The first-order chi connectivity index (χ1) is 17.4. The Morgan fingerprint density at radius 3 is 2.58 bits per heavy atom. The quantitative estimate of drug-likeness (QED) is 0.571. The van der Waals surface area contributed by atoms with E-state index in [-0.39, 0.29) is 42.2 Å². The molecule has 5 rings (SSSR count). The van der Waals surface area contributed by atoms with Crippen molar-refractivity contribution in [1.29, 1.82) is 0 Å². The Morgan fingerprint density at radius 1 is 1.08 bits per heavy atom. The average molecular weight is 510 g/mol. The van der Waals surface area contributed by atoms with Crippen LogP contribution in [0.15, 0.2) is 54.6 Å². The number of likely N-dealkylation sites (tertiary alicyclic amines) is 1. The van der Waals surface area contributed by atoms with Crippen LogP contribution in [0.3, 0.4) is 0 Å². The zero-order valence-electron chi connectivity index (χ0n) is 21.0. The van der Waals surface area contributed by atoms with Gasteiger partial charge in [-0.1, -0.05) is 68.0 Å². The van der Waals surface area contributed by atoms with E-state index in [4.69, 9.17) is 0 Å². The van der Waals surface area contributed by atoms with Crippen LogP contribution in [0.4, 0.5) is 0 Å². The van der Waals surface area contributed by atoms with E-state index in [2.05, 4.69) is 19.9 Å². The molecule has 1 N–H and O–H groups in total. The summed E-state index contributed by atoms with van der Waals surface area (Å²) in [6.45, 7) is 5.49. The third-order valence-corrected chi connectivity index (χ3v) is 9.81. The lowest BCUT2D eigenvalue weighted by molar-refractivity contribution is -0.145. The summed E-state index contributed by atoms with van der Waals surface area (Å²) in [6.07, 6.45) is 9.98. The molecular formula is C28H35N3O4S. The van der Waals surface area contributed by atoms with Gasteiger partial charge in [-0.2, -0.15) is 0 Å². The number of β-amino-alcohol motifs (C(OH)–C–C–N with tert-alkyl or cyclic N) is 1. The number of aliphatic hydroxyl groups is 1. The van der Waals surface area contributed by atoms with Crippen molar-refractivity contribution in [2.24, 2.45) is 11.8 Å². The fraction of sp³-hybridized carbons (Fsp3) is 0.536. The van der Waals surface area contributed by atoms with Crippen molar-refractivity contribution in [3.8, 4) is 0 Å². The van der Waals surface area contributed by atoms with Crippen LogP contribution in [-0.4, -0.2) is 85.8 Å². The summed E-state index contributed by atoms with van der Waals surface area (Å²) in [5.41, 5.74) is 1.04. The molecule has 3 amide bonds. The molecule has 1 aromatic carbocycles. The van der Waals surface area contributed by atoms with Crippen LogP contribution in [0.1, 0.15) is 32.3 Å². The van der Waals surface area contributed by atoms with Crippen molar-refractivity contribution >= 4 is 29.5 Å². The Hall–Kier alpha value is -2.58. The molecule has 7 nitrogen and oxygen atoms in total. The number of fused-ring (bicyclic) bond motifs is 2. The molecule has 1 aromatic rings.